The van der Waals surface area contributed by atoms with Crippen molar-refractivity contribution in [2.75, 3.05) is 11.9 Å². The molecule has 0 radical (unpaired) electrons. The van der Waals surface area contributed by atoms with Crippen LogP contribution in [-0.4, -0.2) is 23.3 Å². The number of hydrogen-bond donors (Lipinski definition) is 1. The number of carbonyl (C=O) groups excluding carboxylic acids is 2. The number of nitro groups is 1. The summed E-state index contributed by atoms with van der Waals surface area (Å²) in [6, 6.07) is 19.7. The third-order valence-electron chi connectivity index (χ3n) is 4.80. The van der Waals surface area contributed by atoms with Gasteiger partial charge in [-0.05, 0) is 61.0 Å². The second-order valence-corrected chi connectivity index (χ2v) is 7.89. The van der Waals surface area contributed by atoms with Gasteiger partial charge in [0.15, 0.2) is 5.78 Å². The first-order chi connectivity index (χ1) is 15.4. The molecule has 3 aromatic rings. The fourth-order valence-electron chi connectivity index (χ4n) is 3.14. The number of nitro benzene ring substituents is 1. The van der Waals surface area contributed by atoms with Crippen LogP contribution in [0.15, 0.2) is 77.3 Å². The third-order valence-corrected chi connectivity index (χ3v) is 5.33. The van der Waals surface area contributed by atoms with Crippen molar-refractivity contribution < 1.29 is 19.2 Å². The van der Waals surface area contributed by atoms with Crippen molar-refractivity contribution in [3.05, 3.63) is 104 Å². The molecule has 3 rings (SSSR count). The van der Waals surface area contributed by atoms with E-state index in [0.29, 0.717) is 17.7 Å². The minimum Gasteiger partial charge on any atom is -0.462 e. The Kier molecular flexibility index (Phi) is 9.57. The van der Waals surface area contributed by atoms with E-state index in [-0.39, 0.29) is 36.3 Å². The van der Waals surface area contributed by atoms with Crippen LogP contribution in [0.25, 0.3) is 0 Å². The van der Waals surface area contributed by atoms with Crippen LogP contribution >= 0.6 is 28.3 Å². The second-order valence-electron chi connectivity index (χ2n) is 6.98. The van der Waals surface area contributed by atoms with Crippen LogP contribution in [0.3, 0.4) is 0 Å². The summed E-state index contributed by atoms with van der Waals surface area (Å²) in [5.41, 5.74) is 2.42. The van der Waals surface area contributed by atoms with Gasteiger partial charge >= 0.3 is 5.97 Å². The summed E-state index contributed by atoms with van der Waals surface area (Å²) in [5, 5.41) is 14.2. The third kappa shape index (κ3) is 7.13. The van der Waals surface area contributed by atoms with E-state index in [2.05, 4.69) is 21.2 Å². The largest absolute Gasteiger partial charge is 0.462 e. The normalized spacial score (nSPS) is 11.1. The lowest BCUT2D eigenvalue weighted by molar-refractivity contribution is -0.384. The fraction of sp³-hybridized carbons (Fsp3) is 0.167. The van der Waals surface area contributed by atoms with Crippen LogP contribution in [0.4, 0.5) is 11.4 Å². The van der Waals surface area contributed by atoms with Gasteiger partial charge < -0.3 is 10.1 Å². The number of ether oxygens (including phenoxy) is 1. The first-order valence-electron chi connectivity index (χ1n) is 9.94. The van der Waals surface area contributed by atoms with Gasteiger partial charge in [0.05, 0.1) is 23.1 Å². The molecule has 1 atom stereocenters. The number of halogens is 2. The molecule has 0 bridgehead atoms. The highest BCUT2D eigenvalue weighted by molar-refractivity contribution is 9.10. The lowest BCUT2D eigenvalue weighted by Gasteiger charge is -2.20. The molecule has 0 spiro atoms. The summed E-state index contributed by atoms with van der Waals surface area (Å²) in [6.07, 6.45) is 0.138. The minimum absolute atomic E-state index is 0. The predicted molar refractivity (Wildman–Crippen MR) is 132 cm³/mol. The Balaban J connectivity index is 0.00000385. The predicted octanol–water partition coefficient (Wildman–Crippen LogP) is 6.38. The lowest BCUT2D eigenvalue weighted by Crippen LogP contribution is -2.16. The molecule has 1 unspecified atom stereocenters. The summed E-state index contributed by atoms with van der Waals surface area (Å²) >= 11 is 3.42. The molecule has 0 amide bonds. The molecule has 1 N–H and O–H groups in total. The van der Waals surface area contributed by atoms with Gasteiger partial charge in [0.1, 0.15) is 0 Å². The van der Waals surface area contributed by atoms with E-state index in [9.17, 15) is 19.7 Å². The van der Waals surface area contributed by atoms with Gasteiger partial charge in [-0.25, -0.2) is 4.79 Å². The molecule has 0 aliphatic heterocycles. The van der Waals surface area contributed by atoms with Gasteiger partial charge in [-0.3, -0.25) is 14.9 Å². The molecule has 3 aromatic carbocycles. The summed E-state index contributed by atoms with van der Waals surface area (Å²) < 4.78 is 5.92. The molecular weight excluding hydrogens is 512 g/mol. The van der Waals surface area contributed by atoms with Crippen molar-refractivity contribution in [1.29, 1.82) is 0 Å². The van der Waals surface area contributed by atoms with Gasteiger partial charge in [-0.1, -0.05) is 28.1 Å². The number of ketones is 1. The monoisotopic (exact) mass is 532 g/mol. The number of anilines is 1. The number of hydrogen-bond acceptors (Lipinski definition) is 6. The zero-order chi connectivity index (χ0) is 23.1. The average Bonchev–Trinajstić information content (AvgIpc) is 2.80. The van der Waals surface area contributed by atoms with Crippen molar-refractivity contribution in [3.63, 3.8) is 0 Å². The molecule has 0 aromatic heterocycles. The maximum absolute atomic E-state index is 12.9. The smallest absolute Gasteiger partial charge is 0.338 e. The first-order valence-corrected chi connectivity index (χ1v) is 10.7. The number of esters is 1. The lowest BCUT2D eigenvalue weighted by atomic mass is 9.97. The van der Waals surface area contributed by atoms with Crippen molar-refractivity contribution in [3.8, 4) is 0 Å². The number of benzene rings is 3. The van der Waals surface area contributed by atoms with Crippen LogP contribution in [0.1, 0.15) is 45.7 Å². The maximum Gasteiger partial charge on any atom is 0.338 e. The summed E-state index contributed by atoms with van der Waals surface area (Å²) in [7, 11) is 0. The van der Waals surface area contributed by atoms with Crippen molar-refractivity contribution in [2.45, 2.75) is 19.4 Å². The standard InChI is InChI=1S/C24H21BrN2O5.ClH/c1-2-32-24(29)18-5-11-20(12-6-18)26-22(16-3-9-19(25)10-4-16)15-23(28)17-7-13-21(14-8-17)27(30)31;/h3-14,22,26H,2,15H2,1H3;1H. The van der Waals surface area contributed by atoms with E-state index in [1.54, 1.807) is 31.2 Å². The molecule has 7 nitrogen and oxygen atoms in total. The Bertz CT molecular complexity index is 1100. The average molecular weight is 534 g/mol. The highest BCUT2D eigenvalue weighted by Gasteiger charge is 2.19. The Morgan fingerprint density at radius 3 is 2.09 bits per heavy atom. The number of Topliss-reactive ketones (excluding diaryl/α,β-unsaturated/α-hetero) is 1. The van der Waals surface area contributed by atoms with E-state index < -0.39 is 10.9 Å². The number of rotatable bonds is 9. The van der Waals surface area contributed by atoms with E-state index >= 15 is 0 Å². The quantitative estimate of drug-likeness (QED) is 0.148. The summed E-state index contributed by atoms with van der Waals surface area (Å²) in [4.78, 5) is 35.1. The molecule has 33 heavy (non-hydrogen) atoms. The van der Waals surface area contributed by atoms with E-state index in [1.807, 2.05) is 24.3 Å². The van der Waals surface area contributed by atoms with Crippen LogP contribution in [0.2, 0.25) is 0 Å². The Hall–Kier alpha value is -3.23. The molecule has 0 fully saturated rings. The molecule has 0 heterocycles. The molecular formula is C24H22BrClN2O5. The molecule has 0 aliphatic rings. The molecule has 9 heteroatoms. The number of carbonyl (C=O) groups is 2. The van der Waals surface area contributed by atoms with E-state index in [1.165, 1.54) is 24.3 Å². The first kappa shape index (κ1) is 26.0. The Morgan fingerprint density at radius 2 is 1.55 bits per heavy atom. The van der Waals surface area contributed by atoms with Crippen LogP contribution in [0, 0.1) is 10.1 Å². The number of nitrogens with zero attached hydrogens (tertiary/aromatic N) is 1. The Labute approximate surface area is 205 Å². The molecule has 0 saturated carbocycles. The molecule has 0 saturated heterocycles. The van der Waals surface area contributed by atoms with Crippen molar-refractivity contribution in [2.24, 2.45) is 0 Å². The van der Waals surface area contributed by atoms with Gasteiger partial charge in [-0.15, -0.1) is 12.4 Å². The topological polar surface area (TPSA) is 98.5 Å². The summed E-state index contributed by atoms with van der Waals surface area (Å²) in [5.74, 6) is -0.541. The highest BCUT2D eigenvalue weighted by atomic mass is 79.9. The van der Waals surface area contributed by atoms with Gasteiger partial charge in [0.2, 0.25) is 0 Å². The SMILES string of the molecule is CCOC(=O)c1ccc(NC(CC(=O)c2ccc([N+](=O)[O-])cc2)c2ccc(Br)cc2)cc1.Cl. The minimum atomic E-state index is -0.500. The number of non-ortho nitro benzene ring substituents is 1. The van der Waals surface area contributed by atoms with Gasteiger partial charge in [0.25, 0.3) is 5.69 Å². The highest BCUT2D eigenvalue weighted by Crippen LogP contribution is 2.27. The van der Waals surface area contributed by atoms with Crippen LogP contribution in [-0.2, 0) is 4.74 Å². The van der Waals surface area contributed by atoms with Crippen LogP contribution < -0.4 is 5.32 Å². The van der Waals surface area contributed by atoms with E-state index in [4.69, 9.17) is 4.74 Å². The molecule has 172 valence electrons. The zero-order valence-electron chi connectivity index (χ0n) is 17.7. The Morgan fingerprint density at radius 1 is 0.970 bits per heavy atom. The number of nitrogens with one attached hydrogen (secondary N) is 1. The van der Waals surface area contributed by atoms with Gasteiger partial charge in [0, 0.05) is 34.3 Å². The van der Waals surface area contributed by atoms with Gasteiger partial charge in [-0.2, -0.15) is 0 Å². The zero-order valence-corrected chi connectivity index (χ0v) is 20.1. The second kappa shape index (κ2) is 12.1. The molecule has 0 aliphatic carbocycles. The van der Waals surface area contributed by atoms with Crippen LogP contribution in [0.5, 0.6) is 0 Å². The van der Waals surface area contributed by atoms with Crippen molar-refractivity contribution >= 4 is 51.5 Å². The van der Waals surface area contributed by atoms with E-state index in [0.717, 1.165) is 15.7 Å². The fourth-order valence-corrected chi connectivity index (χ4v) is 3.40. The summed E-state index contributed by atoms with van der Waals surface area (Å²) in [6.45, 7) is 2.05. The van der Waals surface area contributed by atoms with Crippen molar-refractivity contribution in [1.82, 2.24) is 0 Å². The maximum atomic E-state index is 12.9.